The van der Waals surface area contributed by atoms with Gasteiger partial charge < -0.3 is 15.3 Å². The standard InChI is InChI=1S/C9H12O.C7H14O2S.C6H12O2S/c1-7-3-4-9(6-10)8(2)5-7;1-10-6-4-2-3-5-7(8)9;7-6(8)4-2-1-3-5-9/h3-5,10H,6H2,1-2H3;2-6H2,1H3,(H,8,9);9H,1-5H2,(H,7,8). The van der Waals surface area contributed by atoms with Crippen LogP contribution in [0, 0.1) is 13.8 Å². The summed E-state index contributed by atoms with van der Waals surface area (Å²) < 4.78 is 0. The Balaban J connectivity index is 0. The van der Waals surface area contributed by atoms with E-state index in [0.29, 0.717) is 12.8 Å². The predicted molar refractivity (Wildman–Crippen MR) is 126 cm³/mol. The maximum Gasteiger partial charge on any atom is 0.303 e. The smallest absolute Gasteiger partial charge is 0.303 e. The van der Waals surface area contributed by atoms with Gasteiger partial charge in [-0.3, -0.25) is 9.59 Å². The summed E-state index contributed by atoms with van der Waals surface area (Å²) in [6.45, 7) is 4.21. The highest BCUT2D eigenvalue weighted by molar-refractivity contribution is 7.98. The highest BCUT2D eigenvalue weighted by Gasteiger charge is 1.96. The Morgan fingerprint density at radius 1 is 0.931 bits per heavy atom. The fourth-order valence-electron chi connectivity index (χ4n) is 2.29. The van der Waals surface area contributed by atoms with Crippen LogP contribution < -0.4 is 0 Å². The van der Waals surface area contributed by atoms with Crippen molar-refractivity contribution in [1.29, 1.82) is 0 Å². The maximum atomic E-state index is 10.0. The molecule has 0 aliphatic rings. The largest absolute Gasteiger partial charge is 0.481 e. The molecule has 0 bridgehead atoms. The number of carboxylic acid groups (broad SMARTS) is 2. The lowest BCUT2D eigenvalue weighted by Crippen LogP contribution is -1.93. The third-order valence-electron chi connectivity index (χ3n) is 3.96. The van der Waals surface area contributed by atoms with E-state index in [1.807, 2.05) is 37.7 Å². The Bertz CT molecular complexity index is 550. The molecule has 29 heavy (non-hydrogen) atoms. The van der Waals surface area contributed by atoms with Gasteiger partial charge in [0.2, 0.25) is 0 Å². The van der Waals surface area contributed by atoms with Gasteiger partial charge in [-0.05, 0) is 68.4 Å². The summed E-state index contributed by atoms with van der Waals surface area (Å²) in [7, 11) is 0. The zero-order valence-corrected chi connectivity index (χ0v) is 19.7. The van der Waals surface area contributed by atoms with Crippen molar-refractivity contribution in [3.63, 3.8) is 0 Å². The highest BCUT2D eigenvalue weighted by Crippen LogP contribution is 2.09. The Kier molecular flexibility index (Phi) is 22.3. The third kappa shape index (κ3) is 23.0. The Morgan fingerprint density at radius 3 is 1.90 bits per heavy atom. The van der Waals surface area contributed by atoms with Gasteiger partial charge in [-0.25, -0.2) is 0 Å². The summed E-state index contributed by atoms with van der Waals surface area (Å²) in [5.41, 5.74) is 3.43. The van der Waals surface area contributed by atoms with Crippen LogP contribution in [0.4, 0.5) is 0 Å². The van der Waals surface area contributed by atoms with Crippen LogP contribution >= 0.6 is 24.4 Å². The minimum atomic E-state index is -0.700. The summed E-state index contributed by atoms with van der Waals surface area (Å²) in [6, 6.07) is 6.05. The molecule has 5 nitrogen and oxygen atoms in total. The highest BCUT2D eigenvalue weighted by atomic mass is 32.2. The monoisotopic (exact) mass is 446 g/mol. The number of hydrogen-bond donors (Lipinski definition) is 4. The van der Waals surface area contributed by atoms with Crippen LogP contribution in [-0.4, -0.2) is 45.0 Å². The second-order valence-electron chi connectivity index (χ2n) is 6.71. The number of aliphatic hydroxyl groups excluding tert-OH is 1. The lowest BCUT2D eigenvalue weighted by atomic mass is 10.1. The molecule has 0 heterocycles. The molecular formula is C22H38O5S2. The van der Waals surface area contributed by atoms with Crippen LogP contribution in [0.1, 0.15) is 68.1 Å². The number of carboxylic acids is 2. The van der Waals surface area contributed by atoms with Gasteiger partial charge in [0, 0.05) is 12.8 Å². The van der Waals surface area contributed by atoms with E-state index in [1.54, 1.807) is 0 Å². The molecular weight excluding hydrogens is 408 g/mol. The second-order valence-corrected chi connectivity index (χ2v) is 8.15. The molecule has 0 aliphatic carbocycles. The van der Waals surface area contributed by atoms with Crippen LogP contribution in [0.3, 0.4) is 0 Å². The first kappa shape index (κ1) is 30.0. The van der Waals surface area contributed by atoms with Gasteiger partial charge in [0.25, 0.3) is 0 Å². The van der Waals surface area contributed by atoms with Gasteiger partial charge in [0.15, 0.2) is 0 Å². The van der Waals surface area contributed by atoms with Crippen molar-refractivity contribution >= 4 is 36.3 Å². The fraction of sp³-hybridized carbons (Fsp3) is 0.636. The molecule has 7 heteroatoms. The van der Waals surface area contributed by atoms with Gasteiger partial charge >= 0.3 is 11.9 Å². The zero-order chi connectivity index (χ0) is 22.5. The van der Waals surface area contributed by atoms with Crippen LogP contribution in [0.15, 0.2) is 18.2 Å². The molecule has 1 aromatic carbocycles. The van der Waals surface area contributed by atoms with E-state index in [9.17, 15) is 9.59 Å². The van der Waals surface area contributed by atoms with Crippen LogP contribution in [0.5, 0.6) is 0 Å². The third-order valence-corrected chi connectivity index (χ3v) is 4.97. The molecule has 0 unspecified atom stereocenters. The lowest BCUT2D eigenvalue weighted by molar-refractivity contribution is -0.138. The van der Waals surface area contributed by atoms with Crippen molar-refractivity contribution < 1.29 is 24.9 Å². The number of hydrogen-bond acceptors (Lipinski definition) is 5. The molecule has 1 rings (SSSR count). The summed E-state index contributed by atoms with van der Waals surface area (Å²) in [5, 5.41) is 25.3. The number of benzene rings is 1. The summed E-state index contributed by atoms with van der Waals surface area (Å²) in [6.07, 6.45) is 8.51. The Labute approximate surface area is 185 Å². The summed E-state index contributed by atoms with van der Waals surface area (Å²) in [5.74, 6) is 0.637. The van der Waals surface area contributed by atoms with E-state index in [4.69, 9.17) is 15.3 Å². The van der Waals surface area contributed by atoms with Crippen molar-refractivity contribution in [2.24, 2.45) is 0 Å². The van der Waals surface area contributed by atoms with Crippen LogP contribution in [-0.2, 0) is 16.2 Å². The van der Waals surface area contributed by atoms with E-state index in [0.717, 1.165) is 55.6 Å². The van der Waals surface area contributed by atoms with Gasteiger partial charge in [-0.1, -0.05) is 36.6 Å². The molecule has 0 aromatic heterocycles. The number of thioether (sulfide) groups is 1. The van der Waals surface area contributed by atoms with E-state index in [1.165, 1.54) is 11.1 Å². The SMILES string of the molecule is CSCCCCCC(=O)O.Cc1ccc(CO)c(C)c1.O=C(O)CCCCCS. The molecule has 0 spiro atoms. The average molecular weight is 447 g/mol. The van der Waals surface area contributed by atoms with Gasteiger partial charge in [0.1, 0.15) is 0 Å². The normalized spacial score (nSPS) is 9.69. The van der Waals surface area contributed by atoms with Crippen molar-refractivity contribution in [1.82, 2.24) is 0 Å². The maximum absolute atomic E-state index is 10.0. The van der Waals surface area contributed by atoms with Crippen molar-refractivity contribution in [3.8, 4) is 0 Å². The number of rotatable bonds is 12. The Morgan fingerprint density at radius 2 is 1.48 bits per heavy atom. The van der Waals surface area contributed by atoms with E-state index in [2.05, 4.69) is 25.0 Å². The van der Waals surface area contributed by atoms with E-state index < -0.39 is 11.9 Å². The van der Waals surface area contributed by atoms with Gasteiger partial charge in [0.05, 0.1) is 6.61 Å². The van der Waals surface area contributed by atoms with Crippen molar-refractivity contribution in [3.05, 3.63) is 34.9 Å². The number of carbonyl (C=O) groups is 2. The quantitative estimate of drug-likeness (QED) is 0.255. The first-order chi connectivity index (χ1) is 13.8. The van der Waals surface area contributed by atoms with Crippen LogP contribution in [0.25, 0.3) is 0 Å². The number of thiol groups is 1. The minimum Gasteiger partial charge on any atom is -0.481 e. The second kappa shape index (κ2) is 21.5. The molecule has 0 atom stereocenters. The molecule has 0 fully saturated rings. The molecule has 0 radical (unpaired) electrons. The average Bonchev–Trinajstić information content (AvgIpc) is 2.66. The zero-order valence-electron chi connectivity index (χ0n) is 18.0. The van der Waals surface area contributed by atoms with Crippen LogP contribution in [0.2, 0.25) is 0 Å². The van der Waals surface area contributed by atoms with Crippen molar-refractivity contribution in [2.45, 2.75) is 71.8 Å². The first-order valence-corrected chi connectivity index (χ1v) is 12.0. The van der Waals surface area contributed by atoms with E-state index >= 15 is 0 Å². The number of aliphatic hydroxyl groups is 1. The summed E-state index contributed by atoms with van der Waals surface area (Å²) >= 11 is 5.81. The minimum absolute atomic E-state index is 0.145. The molecule has 0 amide bonds. The number of aryl methyl sites for hydroxylation is 2. The predicted octanol–water partition coefficient (Wildman–Crippen LogP) is 5.35. The number of aliphatic carboxylic acids is 2. The Hall–Kier alpha value is -1.18. The lowest BCUT2D eigenvalue weighted by Gasteiger charge is -2.01. The van der Waals surface area contributed by atoms with Gasteiger partial charge in [-0.15, -0.1) is 0 Å². The topological polar surface area (TPSA) is 94.8 Å². The van der Waals surface area contributed by atoms with Crippen molar-refractivity contribution in [2.75, 3.05) is 17.8 Å². The molecule has 0 saturated carbocycles. The molecule has 0 aliphatic heterocycles. The fourth-order valence-corrected chi connectivity index (χ4v) is 3.00. The summed E-state index contributed by atoms with van der Waals surface area (Å²) in [4.78, 5) is 20.0. The molecule has 1 aromatic rings. The molecule has 168 valence electrons. The number of unbranched alkanes of at least 4 members (excludes halogenated alkanes) is 4. The first-order valence-electron chi connectivity index (χ1n) is 9.98. The van der Waals surface area contributed by atoms with E-state index in [-0.39, 0.29) is 6.61 Å². The molecule has 3 N–H and O–H groups in total. The molecule has 0 saturated heterocycles. The van der Waals surface area contributed by atoms with Gasteiger partial charge in [-0.2, -0.15) is 24.4 Å².